The Balaban J connectivity index is 2.00. The maximum atomic E-state index is 11.5. The zero-order valence-corrected chi connectivity index (χ0v) is 9.86. The Hall–Kier alpha value is -1.21. The van der Waals surface area contributed by atoms with Gasteiger partial charge in [0.2, 0.25) is 0 Å². The average molecular weight is 256 g/mol. The van der Waals surface area contributed by atoms with Crippen LogP contribution in [0.15, 0.2) is 25.3 Å². The minimum Gasteiger partial charge on any atom is -0.454 e. The summed E-state index contributed by atoms with van der Waals surface area (Å²) in [7, 11) is 0. The Morgan fingerprint density at radius 1 is 1.22 bits per heavy atom. The zero-order chi connectivity index (χ0) is 13.1. The van der Waals surface area contributed by atoms with E-state index < -0.39 is 36.7 Å². The molecule has 2 heterocycles. The van der Waals surface area contributed by atoms with Gasteiger partial charge in [-0.15, -0.1) is 13.2 Å². The largest absolute Gasteiger partial charge is 0.454 e. The number of esters is 1. The van der Waals surface area contributed by atoms with Crippen molar-refractivity contribution in [3.63, 3.8) is 0 Å². The quantitative estimate of drug-likeness (QED) is 0.523. The summed E-state index contributed by atoms with van der Waals surface area (Å²) in [5.41, 5.74) is 0. The molecular weight excluding hydrogens is 240 g/mol. The van der Waals surface area contributed by atoms with Crippen LogP contribution in [0, 0.1) is 0 Å². The van der Waals surface area contributed by atoms with Crippen LogP contribution in [-0.4, -0.2) is 55.0 Å². The first-order valence-electron chi connectivity index (χ1n) is 5.68. The molecule has 2 saturated heterocycles. The van der Waals surface area contributed by atoms with Crippen LogP contribution >= 0.6 is 0 Å². The fourth-order valence-electron chi connectivity index (χ4n) is 2.01. The Morgan fingerprint density at radius 2 is 1.89 bits per heavy atom. The lowest BCUT2D eigenvalue weighted by Crippen LogP contribution is -2.33. The summed E-state index contributed by atoms with van der Waals surface area (Å²) in [5, 5.41) is 9.91. The Labute approximate surface area is 105 Å². The van der Waals surface area contributed by atoms with Gasteiger partial charge in [0, 0.05) is 0 Å². The molecule has 0 spiro atoms. The van der Waals surface area contributed by atoms with E-state index in [4.69, 9.17) is 18.9 Å². The van der Waals surface area contributed by atoms with Gasteiger partial charge in [0.15, 0.2) is 18.5 Å². The van der Waals surface area contributed by atoms with E-state index >= 15 is 0 Å². The molecule has 2 fully saturated rings. The van der Waals surface area contributed by atoms with Crippen molar-refractivity contribution in [1.29, 1.82) is 0 Å². The molecule has 6 heteroatoms. The van der Waals surface area contributed by atoms with Gasteiger partial charge in [0.05, 0.1) is 13.2 Å². The second-order valence-corrected chi connectivity index (χ2v) is 4.03. The van der Waals surface area contributed by atoms with E-state index in [1.54, 1.807) is 6.08 Å². The normalized spacial score (nSPS) is 38.3. The number of carbonyl (C=O) groups excluding carboxylic acids is 1. The van der Waals surface area contributed by atoms with Gasteiger partial charge in [0.25, 0.3) is 0 Å². The maximum Gasteiger partial charge on any atom is 0.338 e. The molecule has 100 valence electrons. The molecule has 1 N–H and O–H groups in total. The fourth-order valence-corrected chi connectivity index (χ4v) is 2.01. The van der Waals surface area contributed by atoms with Gasteiger partial charge in [-0.25, -0.2) is 4.79 Å². The molecule has 2 aliphatic heterocycles. The number of carbonyl (C=O) groups is 1. The SMILES string of the molecule is C=CCO[C@@H]1O[C@H]2[C@H](OC(=O)[C@H]2OCC=C)[C@H]1O. The third kappa shape index (κ3) is 2.32. The highest BCUT2D eigenvalue weighted by molar-refractivity contribution is 5.78. The van der Waals surface area contributed by atoms with E-state index in [1.807, 2.05) is 0 Å². The van der Waals surface area contributed by atoms with Crippen LogP contribution in [0.5, 0.6) is 0 Å². The Bertz CT molecular complexity index is 341. The van der Waals surface area contributed by atoms with Gasteiger partial charge >= 0.3 is 5.97 Å². The maximum absolute atomic E-state index is 11.5. The zero-order valence-electron chi connectivity index (χ0n) is 9.86. The smallest absolute Gasteiger partial charge is 0.338 e. The lowest BCUT2D eigenvalue weighted by atomic mass is 10.1. The summed E-state index contributed by atoms with van der Waals surface area (Å²) >= 11 is 0. The van der Waals surface area contributed by atoms with E-state index in [0.29, 0.717) is 0 Å². The van der Waals surface area contributed by atoms with Gasteiger partial charge < -0.3 is 24.1 Å². The van der Waals surface area contributed by atoms with Crippen molar-refractivity contribution in [1.82, 2.24) is 0 Å². The molecule has 6 nitrogen and oxygen atoms in total. The Kier molecular flexibility index (Phi) is 4.13. The van der Waals surface area contributed by atoms with Gasteiger partial charge in [-0.1, -0.05) is 12.2 Å². The second kappa shape index (κ2) is 5.62. The first kappa shape index (κ1) is 13.2. The molecule has 0 aliphatic carbocycles. The van der Waals surface area contributed by atoms with Crippen LogP contribution < -0.4 is 0 Å². The van der Waals surface area contributed by atoms with E-state index in [-0.39, 0.29) is 13.2 Å². The van der Waals surface area contributed by atoms with Crippen molar-refractivity contribution < 1.29 is 28.8 Å². The number of ether oxygens (including phenoxy) is 4. The van der Waals surface area contributed by atoms with E-state index in [2.05, 4.69) is 13.2 Å². The number of hydrogen-bond donors (Lipinski definition) is 1. The monoisotopic (exact) mass is 256 g/mol. The molecule has 0 unspecified atom stereocenters. The molecule has 18 heavy (non-hydrogen) atoms. The molecule has 0 aromatic heterocycles. The summed E-state index contributed by atoms with van der Waals surface area (Å²) < 4.78 is 21.0. The molecule has 0 aromatic rings. The van der Waals surface area contributed by atoms with Crippen molar-refractivity contribution in [2.45, 2.75) is 30.7 Å². The van der Waals surface area contributed by atoms with E-state index in [0.717, 1.165) is 0 Å². The van der Waals surface area contributed by atoms with Crippen LogP contribution in [0.3, 0.4) is 0 Å². The first-order chi connectivity index (χ1) is 8.69. The summed E-state index contributed by atoms with van der Waals surface area (Å²) in [5.74, 6) is -0.534. The van der Waals surface area contributed by atoms with Gasteiger partial charge in [-0.05, 0) is 0 Å². The first-order valence-corrected chi connectivity index (χ1v) is 5.68. The Morgan fingerprint density at radius 3 is 2.56 bits per heavy atom. The van der Waals surface area contributed by atoms with E-state index in [9.17, 15) is 9.90 Å². The molecule has 5 atom stereocenters. The lowest BCUT2D eigenvalue weighted by Gasteiger charge is -2.17. The summed E-state index contributed by atoms with van der Waals surface area (Å²) in [6.45, 7) is 7.45. The molecule has 2 aliphatic rings. The molecule has 0 aromatic carbocycles. The fraction of sp³-hybridized carbons (Fsp3) is 0.583. The molecule has 0 bridgehead atoms. The van der Waals surface area contributed by atoms with Crippen LogP contribution in [0.25, 0.3) is 0 Å². The number of hydrogen-bond acceptors (Lipinski definition) is 6. The number of fused-ring (bicyclic) bond motifs is 1. The van der Waals surface area contributed by atoms with Gasteiger partial charge in [-0.2, -0.15) is 0 Å². The van der Waals surface area contributed by atoms with Crippen molar-refractivity contribution in [2.75, 3.05) is 13.2 Å². The standard InChI is InChI=1S/C12H16O6/c1-3-5-15-10-9-8(17-11(10)14)7(13)12(18-9)16-6-4-2/h3-4,7-10,12-13H,1-2,5-6H2/t7-,8-,9+,10+,12-/m1/s1. The highest BCUT2D eigenvalue weighted by atomic mass is 16.7. The number of aliphatic hydroxyl groups excluding tert-OH is 1. The predicted octanol–water partition coefficient (Wildman–Crippen LogP) is -0.229. The summed E-state index contributed by atoms with van der Waals surface area (Å²) in [6.07, 6.45) is -1.03. The molecule has 0 amide bonds. The molecule has 2 rings (SSSR count). The summed E-state index contributed by atoms with van der Waals surface area (Å²) in [6, 6.07) is 0. The summed E-state index contributed by atoms with van der Waals surface area (Å²) in [4.78, 5) is 11.5. The topological polar surface area (TPSA) is 74.2 Å². The number of aliphatic hydroxyl groups is 1. The lowest BCUT2D eigenvalue weighted by molar-refractivity contribution is -0.186. The second-order valence-electron chi connectivity index (χ2n) is 4.03. The van der Waals surface area contributed by atoms with Crippen molar-refractivity contribution in [3.05, 3.63) is 25.3 Å². The molecule has 0 radical (unpaired) electrons. The van der Waals surface area contributed by atoms with Crippen molar-refractivity contribution >= 4 is 5.97 Å². The minimum absolute atomic E-state index is 0.209. The highest BCUT2D eigenvalue weighted by Crippen LogP contribution is 2.33. The van der Waals surface area contributed by atoms with Crippen LogP contribution in [0.4, 0.5) is 0 Å². The van der Waals surface area contributed by atoms with Crippen molar-refractivity contribution in [2.24, 2.45) is 0 Å². The molecular formula is C12H16O6. The average Bonchev–Trinajstić information content (AvgIpc) is 2.82. The van der Waals surface area contributed by atoms with E-state index in [1.165, 1.54) is 6.08 Å². The van der Waals surface area contributed by atoms with Crippen LogP contribution in [-0.2, 0) is 23.7 Å². The van der Waals surface area contributed by atoms with Crippen LogP contribution in [0.2, 0.25) is 0 Å². The van der Waals surface area contributed by atoms with Gasteiger partial charge in [0.1, 0.15) is 12.2 Å². The molecule has 0 saturated carbocycles. The predicted molar refractivity (Wildman–Crippen MR) is 60.6 cm³/mol. The highest BCUT2D eigenvalue weighted by Gasteiger charge is 2.57. The minimum atomic E-state index is -1.02. The third-order valence-electron chi connectivity index (χ3n) is 2.79. The number of rotatable bonds is 6. The van der Waals surface area contributed by atoms with Gasteiger partial charge in [-0.3, -0.25) is 0 Å². The van der Waals surface area contributed by atoms with Crippen LogP contribution in [0.1, 0.15) is 0 Å². The van der Waals surface area contributed by atoms with Crippen molar-refractivity contribution in [3.8, 4) is 0 Å². The third-order valence-corrected chi connectivity index (χ3v) is 2.79.